The zero-order valence-electron chi connectivity index (χ0n) is 28.6. The summed E-state index contributed by atoms with van der Waals surface area (Å²) < 4.78 is 0. The van der Waals surface area contributed by atoms with E-state index in [4.69, 9.17) is 0 Å². The topological polar surface area (TPSA) is 0 Å². The van der Waals surface area contributed by atoms with Gasteiger partial charge in [-0.3, -0.25) is 0 Å². The number of benzene rings is 10. The summed E-state index contributed by atoms with van der Waals surface area (Å²) in [4.78, 5) is 0. The Morgan fingerprint density at radius 2 is 0.519 bits per heavy atom. The van der Waals surface area contributed by atoms with Gasteiger partial charge in [0.05, 0.1) is 0 Å². The van der Waals surface area contributed by atoms with Crippen molar-refractivity contribution in [3.8, 4) is 55.6 Å². The molecule has 0 aromatic heterocycles. The van der Waals surface area contributed by atoms with E-state index in [2.05, 4.69) is 206 Å². The van der Waals surface area contributed by atoms with E-state index in [1.807, 2.05) is 0 Å². The Labute approximate surface area is 303 Å². The Hall–Kier alpha value is -6.76. The molecule has 0 N–H and O–H groups in total. The lowest BCUT2D eigenvalue weighted by Gasteiger charge is -2.18. The number of fused-ring (bicyclic) bond motifs is 4. The molecule has 0 heteroatoms. The van der Waals surface area contributed by atoms with Crippen LogP contribution in [-0.4, -0.2) is 0 Å². The van der Waals surface area contributed by atoms with E-state index in [9.17, 15) is 0 Å². The van der Waals surface area contributed by atoms with Gasteiger partial charge in [-0.2, -0.15) is 0 Å². The zero-order valence-corrected chi connectivity index (χ0v) is 28.6. The van der Waals surface area contributed by atoms with Crippen LogP contribution in [0.2, 0.25) is 0 Å². The predicted molar refractivity (Wildman–Crippen MR) is 224 cm³/mol. The Kier molecular flexibility index (Phi) is 7.25. The second kappa shape index (κ2) is 12.5. The summed E-state index contributed by atoms with van der Waals surface area (Å²) in [5.74, 6) is 0. The molecule has 0 amide bonds. The van der Waals surface area contributed by atoms with Gasteiger partial charge in [0.15, 0.2) is 0 Å². The van der Waals surface area contributed by atoms with Gasteiger partial charge in [-0.1, -0.05) is 176 Å². The average Bonchev–Trinajstić information content (AvgIpc) is 3.22. The maximum Gasteiger partial charge on any atom is -0.00262 e. The molecule has 0 unspecified atom stereocenters. The van der Waals surface area contributed by atoms with Crippen molar-refractivity contribution >= 4 is 43.1 Å². The minimum atomic E-state index is 1.21. The summed E-state index contributed by atoms with van der Waals surface area (Å²) in [6.45, 7) is 0. The van der Waals surface area contributed by atoms with Crippen LogP contribution in [0.1, 0.15) is 0 Å². The summed E-state index contributed by atoms with van der Waals surface area (Å²) in [6, 6.07) is 75.5. The van der Waals surface area contributed by atoms with Crippen molar-refractivity contribution in [2.75, 3.05) is 0 Å². The largest absolute Gasteiger partial charge is 0.0622 e. The Bertz CT molecular complexity index is 2890. The lowest BCUT2D eigenvalue weighted by Crippen LogP contribution is -1.91. The van der Waals surface area contributed by atoms with Crippen LogP contribution in [0, 0.1) is 0 Å². The van der Waals surface area contributed by atoms with Gasteiger partial charge in [0.2, 0.25) is 0 Å². The third-order valence-electron chi connectivity index (χ3n) is 10.6. The van der Waals surface area contributed by atoms with Crippen molar-refractivity contribution in [2.24, 2.45) is 0 Å². The molecule has 10 aromatic rings. The Morgan fingerprint density at radius 1 is 0.173 bits per heavy atom. The van der Waals surface area contributed by atoms with Crippen LogP contribution in [0.4, 0.5) is 0 Å². The van der Waals surface area contributed by atoms with E-state index < -0.39 is 0 Å². The zero-order chi connectivity index (χ0) is 34.4. The molecule has 0 fully saturated rings. The van der Waals surface area contributed by atoms with Crippen molar-refractivity contribution in [2.45, 2.75) is 0 Å². The maximum atomic E-state index is 2.38. The van der Waals surface area contributed by atoms with Gasteiger partial charge in [0.25, 0.3) is 0 Å². The molecule has 0 atom stereocenters. The number of hydrogen-bond acceptors (Lipinski definition) is 0. The molecule has 242 valence electrons. The van der Waals surface area contributed by atoms with E-state index in [1.165, 1.54) is 98.7 Å². The molecule has 0 aliphatic rings. The lowest BCUT2D eigenvalue weighted by molar-refractivity contribution is 1.58. The van der Waals surface area contributed by atoms with Gasteiger partial charge in [-0.25, -0.2) is 0 Å². The van der Waals surface area contributed by atoms with Gasteiger partial charge < -0.3 is 0 Å². The van der Waals surface area contributed by atoms with Gasteiger partial charge in [-0.05, 0) is 129 Å². The predicted octanol–water partition coefficient (Wildman–Crippen LogP) is 14.6. The van der Waals surface area contributed by atoms with E-state index in [1.54, 1.807) is 0 Å². The minimum Gasteiger partial charge on any atom is -0.0622 e. The normalized spacial score (nSPS) is 11.5. The Balaban J connectivity index is 1.06. The van der Waals surface area contributed by atoms with Crippen molar-refractivity contribution in [3.05, 3.63) is 206 Å². The van der Waals surface area contributed by atoms with Gasteiger partial charge in [0, 0.05) is 0 Å². The van der Waals surface area contributed by atoms with Gasteiger partial charge >= 0.3 is 0 Å². The average molecular weight is 659 g/mol. The van der Waals surface area contributed by atoms with E-state index in [0.29, 0.717) is 0 Å². The van der Waals surface area contributed by atoms with Gasteiger partial charge in [-0.15, -0.1) is 0 Å². The second-order valence-electron chi connectivity index (χ2n) is 13.7. The number of hydrogen-bond donors (Lipinski definition) is 0. The highest BCUT2D eigenvalue weighted by Gasteiger charge is 2.16. The van der Waals surface area contributed by atoms with Crippen LogP contribution in [0.15, 0.2) is 206 Å². The summed E-state index contributed by atoms with van der Waals surface area (Å²) in [5, 5.41) is 10.1. The molecule has 0 heterocycles. The maximum absolute atomic E-state index is 2.38. The van der Waals surface area contributed by atoms with Crippen LogP contribution < -0.4 is 0 Å². The van der Waals surface area contributed by atoms with Crippen LogP contribution in [0.5, 0.6) is 0 Å². The van der Waals surface area contributed by atoms with Crippen LogP contribution in [0.25, 0.3) is 98.7 Å². The van der Waals surface area contributed by atoms with Crippen molar-refractivity contribution in [3.63, 3.8) is 0 Å². The first-order valence-electron chi connectivity index (χ1n) is 18.0. The standard InChI is InChI=1S/C52H34/c1-2-13-37(14-3-1)51-47-20-6-8-22-49(47)52(50-23-9-7-21-48(50)51)45-29-26-36-25-28-44(33-46(36)34-45)42-19-11-17-40(32-42)39-16-10-18-41(31-39)43-27-24-35-12-4-5-15-38(35)30-43/h1-34H. The molecular weight excluding hydrogens is 625 g/mol. The highest BCUT2D eigenvalue weighted by Crippen LogP contribution is 2.44. The lowest BCUT2D eigenvalue weighted by atomic mass is 9.85. The molecule has 0 spiro atoms. The molecular formula is C52H34. The van der Waals surface area contributed by atoms with Gasteiger partial charge in [0.1, 0.15) is 0 Å². The summed E-state index contributed by atoms with van der Waals surface area (Å²) in [7, 11) is 0. The fourth-order valence-corrected chi connectivity index (χ4v) is 8.06. The molecule has 0 nitrogen and oxygen atoms in total. The smallest absolute Gasteiger partial charge is 0.00262 e. The summed E-state index contributed by atoms with van der Waals surface area (Å²) in [5.41, 5.74) is 12.4. The van der Waals surface area contributed by atoms with Crippen LogP contribution >= 0.6 is 0 Å². The first-order valence-corrected chi connectivity index (χ1v) is 18.0. The Morgan fingerprint density at radius 3 is 1.06 bits per heavy atom. The molecule has 52 heavy (non-hydrogen) atoms. The van der Waals surface area contributed by atoms with E-state index >= 15 is 0 Å². The van der Waals surface area contributed by atoms with Crippen LogP contribution in [-0.2, 0) is 0 Å². The third kappa shape index (κ3) is 5.25. The highest BCUT2D eigenvalue weighted by molar-refractivity contribution is 6.21. The number of rotatable bonds is 5. The minimum absolute atomic E-state index is 1.21. The molecule has 10 aromatic carbocycles. The SMILES string of the molecule is c1ccc(-c2c3ccccc3c(-c3ccc4ccc(-c5cccc(-c6cccc(-c7ccc8ccccc8c7)c6)c5)cc4c3)c3ccccc23)cc1. The second-order valence-corrected chi connectivity index (χ2v) is 13.7. The van der Waals surface area contributed by atoms with Crippen molar-refractivity contribution < 1.29 is 0 Å². The van der Waals surface area contributed by atoms with Crippen molar-refractivity contribution in [1.82, 2.24) is 0 Å². The summed E-state index contributed by atoms with van der Waals surface area (Å²) >= 11 is 0. The highest BCUT2D eigenvalue weighted by atomic mass is 14.2. The fraction of sp³-hybridized carbons (Fsp3) is 0. The van der Waals surface area contributed by atoms with E-state index in [0.717, 1.165) is 0 Å². The third-order valence-corrected chi connectivity index (χ3v) is 10.6. The van der Waals surface area contributed by atoms with Crippen molar-refractivity contribution in [1.29, 1.82) is 0 Å². The quantitative estimate of drug-likeness (QED) is 0.161. The van der Waals surface area contributed by atoms with Crippen LogP contribution in [0.3, 0.4) is 0 Å². The molecule has 0 aliphatic carbocycles. The summed E-state index contributed by atoms with van der Waals surface area (Å²) in [6.07, 6.45) is 0. The molecule has 10 rings (SSSR count). The molecule has 0 saturated heterocycles. The molecule has 0 radical (unpaired) electrons. The first kappa shape index (κ1) is 30.1. The molecule has 0 bridgehead atoms. The molecule has 0 saturated carbocycles. The molecule has 0 aliphatic heterocycles. The fourth-order valence-electron chi connectivity index (χ4n) is 8.06. The monoisotopic (exact) mass is 658 g/mol. The first-order chi connectivity index (χ1) is 25.8. The van der Waals surface area contributed by atoms with E-state index in [-0.39, 0.29) is 0 Å².